The van der Waals surface area contributed by atoms with Crippen LogP contribution in [-0.4, -0.2) is 29.1 Å². The van der Waals surface area contributed by atoms with Crippen LogP contribution in [0.25, 0.3) is 0 Å². The highest BCUT2D eigenvalue weighted by Crippen LogP contribution is 2.04. The highest BCUT2D eigenvalue weighted by atomic mass is 16.5. The number of benzene rings is 1. The van der Waals surface area contributed by atoms with Crippen molar-refractivity contribution >= 4 is 11.8 Å². The summed E-state index contributed by atoms with van der Waals surface area (Å²) in [5.74, 6) is 9.87. The average molecular weight is 313 g/mol. The monoisotopic (exact) mass is 313 g/mol. The Labute approximate surface area is 135 Å². The van der Waals surface area contributed by atoms with Crippen LogP contribution >= 0.6 is 0 Å². The third kappa shape index (κ3) is 5.84. The normalized spacial score (nSPS) is 11.8. The van der Waals surface area contributed by atoms with E-state index in [1.54, 1.807) is 31.2 Å². The van der Waals surface area contributed by atoms with E-state index in [0.29, 0.717) is 5.56 Å². The van der Waals surface area contributed by atoms with Gasteiger partial charge in [0.1, 0.15) is 6.04 Å². The maximum atomic E-state index is 12.1. The van der Waals surface area contributed by atoms with E-state index in [2.05, 4.69) is 29.0 Å². The summed E-state index contributed by atoms with van der Waals surface area (Å²) in [5, 5.41) is 11.1. The number of carbonyl (C=O) groups is 2. The first-order chi connectivity index (χ1) is 11.0. The smallest absolute Gasteiger partial charge is 0.267 e. The molecule has 0 saturated carbocycles. The molecule has 5 N–H and O–H groups in total. The third-order valence-corrected chi connectivity index (χ3v) is 2.89. The van der Waals surface area contributed by atoms with Gasteiger partial charge in [-0.2, -0.15) is 0 Å². The van der Waals surface area contributed by atoms with Crippen molar-refractivity contribution in [1.82, 2.24) is 10.8 Å². The Morgan fingerprint density at radius 2 is 1.91 bits per heavy atom. The molecule has 1 aromatic rings. The largest absolute Gasteiger partial charge is 0.339 e. The molecule has 23 heavy (non-hydrogen) atoms. The Morgan fingerprint density at radius 3 is 2.43 bits per heavy atom. The molecule has 6 nitrogen and oxygen atoms in total. The first kappa shape index (κ1) is 18.2. The molecule has 0 unspecified atom stereocenters. The number of nitrogens with two attached hydrogens (primary N) is 1. The number of hydroxylamine groups is 1. The van der Waals surface area contributed by atoms with E-state index >= 15 is 0 Å². The standard InChI is InChI=1S/C17H19N3O3/c1-3-4-5-6-7-13-8-10-14(11-9-13)16(21)19-15(12(2)18)17(22)20-23/h8-12,15,23H,3,18H2,1-2H3,(H,19,21)(H,20,22)/t12-,15+/m1/s1. The van der Waals surface area contributed by atoms with Gasteiger partial charge in [-0.05, 0) is 43.0 Å². The first-order valence-electron chi connectivity index (χ1n) is 7.09. The van der Waals surface area contributed by atoms with Crippen molar-refractivity contribution in [2.45, 2.75) is 32.4 Å². The van der Waals surface area contributed by atoms with Gasteiger partial charge in [0.25, 0.3) is 11.8 Å². The molecule has 2 amide bonds. The summed E-state index contributed by atoms with van der Waals surface area (Å²) in [6, 6.07) is 4.85. The van der Waals surface area contributed by atoms with Gasteiger partial charge in [0.2, 0.25) is 0 Å². The molecule has 0 spiro atoms. The lowest BCUT2D eigenvalue weighted by Crippen LogP contribution is -2.54. The van der Waals surface area contributed by atoms with Gasteiger partial charge >= 0.3 is 0 Å². The molecule has 120 valence electrons. The molecule has 0 aliphatic heterocycles. The molecule has 0 heterocycles. The molecule has 0 saturated heterocycles. The van der Waals surface area contributed by atoms with Crippen molar-refractivity contribution in [2.24, 2.45) is 5.73 Å². The molecule has 0 aromatic heterocycles. The van der Waals surface area contributed by atoms with Crippen LogP contribution in [-0.2, 0) is 4.79 Å². The molecule has 1 aromatic carbocycles. The van der Waals surface area contributed by atoms with E-state index in [1.165, 1.54) is 5.48 Å². The number of nitrogens with one attached hydrogen (secondary N) is 2. The number of amides is 2. The molecular weight excluding hydrogens is 294 g/mol. The Bertz CT molecular complexity index is 673. The second-order valence-electron chi connectivity index (χ2n) is 4.77. The van der Waals surface area contributed by atoms with Crippen molar-refractivity contribution < 1.29 is 14.8 Å². The lowest BCUT2D eigenvalue weighted by atomic mass is 10.1. The van der Waals surface area contributed by atoms with Crippen LogP contribution in [0.2, 0.25) is 0 Å². The summed E-state index contributed by atoms with van der Waals surface area (Å²) in [5.41, 5.74) is 8.19. The second kappa shape index (κ2) is 9.26. The van der Waals surface area contributed by atoms with E-state index in [9.17, 15) is 9.59 Å². The van der Waals surface area contributed by atoms with E-state index in [1.807, 2.05) is 6.92 Å². The van der Waals surface area contributed by atoms with Gasteiger partial charge in [0, 0.05) is 23.6 Å². The summed E-state index contributed by atoms with van der Waals surface area (Å²) >= 11 is 0. The van der Waals surface area contributed by atoms with Gasteiger partial charge in [-0.15, -0.1) is 0 Å². The molecule has 0 aliphatic rings. The van der Waals surface area contributed by atoms with Crippen molar-refractivity contribution in [3.8, 4) is 23.7 Å². The zero-order valence-corrected chi connectivity index (χ0v) is 13.0. The summed E-state index contributed by atoms with van der Waals surface area (Å²) in [6.45, 7) is 3.49. The number of hydrogen-bond donors (Lipinski definition) is 4. The maximum absolute atomic E-state index is 12.1. The summed E-state index contributed by atoms with van der Waals surface area (Å²) in [4.78, 5) is 23.6. The van der Waals surface area contributed by atoms with Crippen molar-refractivity contribution in [2.75, 3.05) is 0 Å². The van der Waals surface area contributed by atoms with Crippen molar-refractivity contribution in [3.63, 3.8) is 0 Å². The second-order valence-corrected chi connectivity index (χ2v) is 4.77. The Hall–Kier alpha value is -2.80. The van der Waals surface area contributed by atoms with Crippen LogP contribution in [0.4, 0.5) is 0 Å². The fraction of sp³-hybridized carbons (Fsp3) is 0.294. The van der Waals surface area contributed by atoms with E-state index in [-0.39, 0.29) is 0 Å². The van der Waals surface area contributed by atoms with Gasteiger partial charge in [0.15, 0.2) is 0 Å². The van der Waals surface area contributed by atoms with Gasteiger partial charge in [-0.25, -0.2) is 5.48 Å². The van der Waals surface area contributed by atoms with Crippen LogP contribution in [0.3, 0.4) is 0 Å². The average Bonchev–Trinajstić information content (AvgIpc) is 2.56. The molecule has 0 bridgehead atoms. The molecular formula is C17H19N3O3. The molecule has 0 aliphatic carbocycles. The summed E-state index contributed by atoms with van der Waals surface area (Å²) < 4.78 is 0. The van der Waals surface area contributed by atoms with Crippen LogP contribution in [0, 0.1) is 23.7 Å². The third-order valence-electron chi connectivity index (χ3n) is 2.89. The van der Waals surface area contributed by atoms with Gasteiger partial charge in [0.05, 0.1) is 0 Å². The zero-order valence-electron chi connectivity index (χ0n) is 13.0. The van der Waals surface area contributed by atoms with Crippen LogP contribution in [0.1, 0.15) is 36.2 Å². The fourth-order valence-electron chi connectivity index (χ4n) is 1.67. The number of rotatable bonds is 4. The van der Waals surface area contributed by atoms with Gasteiger partial charge in [-0.3, -0.25) is 14.8 Å². The molecule has 6 heteroatoms. The molecule has 0 radical (unpaired) electrons. The topological polar surface area (TPSA) is 104 Å². The van der Waals surface area contributed by atoms with Gasteiger partial charge < -0.3 is 11.1 Å². The highest BCUT2D eigenvalue weighted by Gasteiger charge is 2.24. The van der Waals surface area contributed by atoms with E-state index in [4.69, 9.17) is 10.9 Å². The zero-order chi connectivity index (χ0) is 17.2. The van der Waals surface area contributed by atoms with Crippen LogP contribution in [0.15, 0.2) is 24.3 Å². The minimum absolute atomic E-state index is 0.353. The van der Waals surface area contributed by atoms with Crippen molar-refractivity contribution in [1.29, 1.82) is 0 Å². The predicted molar refractivity (Wildman–Crippen MR) is 86.2 cm³/mol. The van der Waals surface area contributed by atoms with Crippen LogP contribution in [0.5, 0.6) is 0 Å². The lowest BCUT2D eigenvalue weighted by Gasteiger charge is -2.19. The number of carbonyl (C=O) groups excluding carboxylic acids is 2. The van der Waals surface area contributed by atoms with Crippen molar-refractivity contribution in [3.05, 3.63) is 35.4 Å². The fourth-order valence-corrected chi connectivity index (χ4v) is 1.67. The quantitative estimate of drug-likeness (QED) is 0.367. The lowest BCUT2D eigenvalue weighted by molar-refractivity contribution is -0.131. The van der Waals surface area contributed by atoms with E-state index < -0.39 is 23.9 Å². The SMILES string of the molecule is CCC#CC#Cc1ccc(C(=O)N[C@H](C(=O)NO)[C@@H](C)N)cc1. The molecule has 0 fully saturated rings. The predicted octanol–water partition coefficient (Wildman–Crippen LogP) is 0.403. The van der Waals surface area contributed by atoms with E-state index in [0.717, 1.165) is 12.0 Å². The first-order valence-corrected chi connectivity index (χ1v) is 7.09. The highest BCUT2D eigenvalue weighted by molar-refractivity contribution is 5.97. The van der Waals surface area contributed by atoms with Crippen LogP contribution < -0.4 is 16.5 Å². The summed E-state index contributed by atoms with van der Waals surface area (Å²) in [6.07, 6.45) is 0.746. The van der Waals surface area contributed by atoms with Gasteiger partial charge in [-0.1, -0.05) is 18.8 Å². The Morgan fingerprint density at radius 1 is 1.26 bits per heavy atom. The number of hydrogen-bond acceptors (Lipinski definition) is 4. The molecule has 2 atom stereocenters. The Balaban J connectivity index is 2.80. The minimum Gasteiger partial charge on any atom is -0.339 e. The molecule has 1 rings (SSSR count). The Kier molecular flexibility index (Phi) is 7.35. The maximum Gasteiger partial charge on any atom is 0.267 e. The summed E-state index contributed by atoms with van der Waals surface area (Å²) in [7, 11) is 0. The minimum atomic E-state index is -1.03.